The first-order valence-corrected chi connectivity index (χ1v) is 6.07. The molecule has 3 N–H and O–H groups in total. The Kier molecular flexibility index (Phi) is 4.33. The van der Waals surface area contributed by atoms with Crippen LogP contribution in [0.3, 0.4) is 0 Å². The Morgan fingerprint density at radius 3 is 2.31 bits per heavy atom. The molecule has 0 aromatic carbocycles. The van der Waals surface area contributed by atoms with E-state index in [4.69, 9.17) is 10.5 Å². The van der Waals surface area contributed by atoms with Crippen LogP contribution in [-0.4, -0.2) is 30.2 Å². The van der Waals surface area contributed by atoms with E-state index in [1.54, 1.807) is 0 Å². The summed E-state index contributed by atoms with van der Waals surface area (Å²) in [7, 11) is 0. The van der Waals surface area contributed by atoms with Gasteiger partial charge in [0, 0.05) is 6.04 Å². The highest BCUT2D eigenvalue weighted by Gasteiger charge is 2.50. The van der Waals surface area contributed by atoms with E-state index in [2.05, 4.69) is 5.32 Å². The highest BCUT2D eigenvalue weighted by atomic mass is 16.5. The van der Waals surface area contributed by atoms with Crippen LogP contribution < -0.4 is 11.1 Å². The minimum atomic E-state index is -0.668. The molecule has 4 nitrogen and oxygen atoms in total. The number of carbonyl (C=O) groups excluding carboxylic acids is 1. The molecule has 4 heteroatoms. The molecule has 1 atom stereocenters. The predicted octanol–water partition coefficient (Wildman–Crippen LogP) is 1.04. The van der Waals surface area contributed by atoms with Crippen LogP contribution in [0.4, 0.5) is 0 Å². The summed E-state index contributed by atoms with van der Waals surface area (Å²) >= 11 is 0. The van der Waals surface area contributed by atoms with Gasteiger partial charge in [0.1, 0.15) is 5.54 Å². The maximum atomic E-state index is 11.7. The van der Waals surface area contributed by atoms with E-state index in [-0.39, 0.29) is 18.1 Å². The smallest absolute Gasteiger partial charge is 0.240 e. The molecule has 1 aliphatic rings. The first-order chi connectivity index (χ1) is 7.38. The number of amides is 1. The van der Waals surface area contributed by atoms with Gasteiger partial charge in [-0.2, -0.15) is 0 Å². The lowest BCUT2D eigenvalue weighted by Crippen LogP contribution is -2.62. The summed E-state index contributed by atoms with van der Waals surface area (Å²) in [6.45, 7) is 8.36. The van der Waals surface area contributed by atoms with Crippen LogP contribution in [0, 0.1) is 5.92 Å². The number of rotatable bonds is 7. The quantitative estimate of drug-likeness (QED) is 0.684. The molecule has 1 unspecified atom stereocenters. The van der Waals surface area contributed by atoms with E-state index < -0.39 is 5.54 Å². The van der Waals surface area contributed by atoms with Gasteiger partial charge in [0.15, 0.2) is 0 Å². The van der Waals surface area contributed by atoms with Crippen molar-refractivity contribution in [2.24, 2.45) is 11.7 Å². The molecule has 1 saturated carbocycles. The van der Waals surface area contributed by atoms with Gasteiger partial charge in [-0.15, -0.1) is 0 Å². The Hall–Kier alpha value is -0.610. The molecule has 0 bridgehead atoms. The largest absolute Gasteiger partial charge is 0.376 e. The molecule has 1 fully saturated rings. The average molecular weight is 228 g/mol. The van der Waals surface area contributed by atoms with E-state index in [0.717, 1.165) is 12.8 Å². The third kappa shape index (κ3) is 3.19. The summed E-state index contributed by atoms with van der Waals surface area (Å²) in [5.74, 6) is 0.0514. The lowest BCUT2D eigenvalue weighted by atomic mass is 9.92. The summed E-state index contributed by atoms with van der Waals surface area (Å²) < 4.78 is 5.61. The van der Waals surface area contributed by atoms with Crippen molar-refractivity contribution in [1.29, 1.82) is 0 Å². The van der Waals surface area contributed by atoms with Crippen molar-refractivity contribution in [3.63, 3.8) is 0 Å². The van der Waals surface area contributed by atoms with Gasteiger partial charge >= 0.3 is 0 Å². The molecular weight excluding hydrogens is 204 g/mol. The molecule has 0 radical (unpaired) electrons. The van der Waals surface area contributed by atoms with Gasteiger partial charge in [0.2, 0.25) is 5.91 Å². The van der Waals surface area contributed by atoms with E-state index in [9.17, 15) is 4.79 Å². The minimum Gasteiger partial charge on any atom is -0.376 e. The molecule has 0 saturated heterocycles. The molecule has 0 aromatic heterocycles. The first kappa shape index (κ1) is 13.5. The third-order valence-corrected chi connectivity index (χ3v) is 2.90. The van der Waals surface area contributed by atoms with E-state index in [1.165, 1.54) is 0 Å². The Bertz CT molecular complexity index is 249. The standard InChI is InChI=1S/C12H24N2O2/c1-8(2)14-12(11(13)15,10-5-6-10)7-16-9(3)4/h8-10,14H,5-7H2,1-4H3,(H2,13,15). The number of ether oxygens (including phenoxy) is 1. The van der Waals surface area contributed by atoms with Gasteiger partial charge < -0.3 is 10.5 Å². The number of hydrogen-bond acceptors (Lipinski definition) is 3. The van der Waals surface area contributed by atoms with Crippen LogP contribution in [0.15, 0.2) is 0 Å². The van der Waals surface area contributed by atoms with Crippen molar-refractivity contribution in [1.82, 2.24) is 5.32 Å². The van der Waals surface area contributed by atoms with Crippen molar-refractivity contribution in [2.45, 2.75) is 58.2 Å². The number of nitrogens with two attached hydrogens (primary N) is 1. The molecular formula is C12H24N2O2. The summed E-state index contributed by atoms with van der Waals surface area (Å²) in [5, 5.41) is 3.31. The van der Waals surface area contributed by atoms with Crippen molar-refractivity contribution in [3.05, 3.63) is 0 Å². The van der Waals surface area contributed by atoms with Gasteiger partial charge in [-0.25, -0.2) is 0 Å². The SMILES string of the molecule is CC(C)NC(COC(C)C)(C(N)=O)C1CC1. The zero-order chi connectivity index (χ0) is 12.3. The van der Waals surface area contributed by atoms with Crippen LogP contribution in [0.5, 0.6) is 0 Å². The fraction of sp³-hybridized carbons (Fsp3) is 0.917. The van der Waals surface area contributed by atoms with Gasteiger partial charge in [-0.3, -0.25) is 10.1 Å². The Morgan fingerprint density at radius 1 is 1.44 bits per heavy atom. The fourth-order valence-corrected chi connectivity index (χ4v) is 2.01. The second-order valence-corrected chi connectivity index (χ2v) is 5.27. The highest BCUT2D eigenvalue weighted by molar-refractivity contribution is 5.85. The Balaban J connectivity index is 2.74. The molecule has 1 rings (SSSR count). The molecule has 0 heterocycles. The summed E-state index contributed by atoms with van der Waals surface area (Å²) in [4.78, 5) is 11.7. The number of carbonyl (C=O) groups is 1. The normalized spacial score (nSPS) is 20.1. The molecule has 0 aliphatic heterocycles. The Morgan fingerprint density at radius 2 is 2.00 bits per heavy atom. The Labute approximate surface area is 97.9 Å². The molecule has 1 aliphatic carbocycles. The average Bonchev–Trinajstić information content (AvgIpc) is 2.94. The summed E-state index contributed by atoms with van der Waals surface area (Å²) in [6.07, 6.45) is 2.24. The molecule has 1 amide bonds. The van der Waals surface area contributed by atoms with Crippen LogP contribution in [0.1, 0.15) is 40.5 Å². The van der Waals surface area contributed by atoms with Crippen molar-refractivity contribution >= 4 is 5.91 Å². The first-order valence-electron chi connectivity index (χ1n) is 6.07. The third-order valence-electron chi connectivity index (χ3n) is 2.90. The second kappa shape index (κ2) is 5.15. The van der Waals surface area contributed by atoms with Gasteiger partial charge in [0.05, 0.1) is 12.7 Å². The van der Waals surface area contributed by atoms with Crippen LogP contribution in [0.2, 0.25) is 0 Å². The van der Waals surface area contributed by atoms with E-state index in [0.29, 0.717) is 12.5 Å². The van der Waals surface area contributed by atoms with Crippen LogP contribution >= 0.6 is 0 Å². The minimum absolute atomic E-state index is 0.117. The predicted molar refractivity (Wildman–Crippen MR) is 64.0 cm³/mol. The monoisotopic (exact) mass is 228 g/mol. The fourth-order valence-electron chi connectivity index (χ4n) is 2.01. The number of primary amides is 1. The summed E-state index contributed by atoms with van der Waals surface area (Å²) in [6, 6.07) is 0.226. The second-order valence-electron chi connectivity index (χ2n) is 5.27. The van der Waals surface area contributed by atoms with E-state index in [1.807, 2.05) is 27.7 Å². The number of nitrogens with one attached hydrogen (secondary N) is 1. The lowest BCUT2D eigenvalue weighted by Gasteiger charge is -2.34. The lowest BCUT2D eigenvalue weighted by molar-refractivity contribution is -0.129. The summed E-state index contributed by atoms with van der Waals surface area (Å²) in [5.41, 5.74) is 4.90. The maximum Gasteiger partial charge on any atom is 0.240 e. The molecule has 16 heavy (non-hydrogen) atoms. The van der Waals surface area contributed by atoms with Crippen molar-refractivity contribution in [2.75, 3.05) is 6.61 Å². The van der Waals surface area contributed by atoms with Crippen LogP contribution in [0.25, 0.3) is 0 Å². The van der Waals surface area contributed by atoms with Crippen molar-refractivity contribution in [3.8, 4) is 0 Å². The topological polar surface area (TPSA) is 64.3 Å². The van der Waals surface area contributed by atoms with Gasteiger partial charge in [-0.1, -0.05) is 0 Å². The zero-order valence-electron chi connectivity index (χ0n) is 10.7. The zero-order valence-corrected chi connectivity index (χ0v) is 10.7. The van der Waals surface area contributed by atoms with Gasteiger partial charge in [-0.05, 0) is 46.5 Å². The molecule has 0 aromatic rings. The number of hydrogen-bond donors (Lipinski definition) is 2. The van der Waals surface area contributed by atoms with Crippen LogP contribution in [-0.2, 0) is 9.53 Å². The highest BCUT2D eigenvalue weighted by Crippen LogP contribution is 2.40. The molecule has 94 valence electrons. The van der Waals surface area contributed by atoms with Crippen molar-refractivity contribution < 1.29 is 9.53 Å². The van der Waals surface area contributed by atoms with Gasteiger partial charge in [0.25, 0.3) is 0 Å². The molecule has 0 spiro atoms. The van der Waals surface area contributed by atoms with E-state index >= 15 is 0 Å². The maximum absolute atomic E-state index is 11.7.